The number of benzene rings is 1. The molecule has 4 heteroatoms. The lowest BCUT2D eigenvalue weighted by Gasteiger charge is -2.11. The normalized spacial score (nSPS) is 15.1. The number of anilines is 1. The number of hydrogen-bond acceptors (Lipinski definition) is 2. The summed E-state index contributed by atoms with van der Waals surface area (Å²) >= 11 is 3.37. The Bertz CT molecular complexity index is 413. The number of carboxylic acids is 1. The van der Waals surface area contributed by atoms with Crippen LogP contribution in [0.5, 0.6) is 0 Å². The predicted octanol–water partition coefficient (Wildman–Crippen LogP) is 3.03. The Balaban J connectivity index is 2.36. The summed E-state index contributed by atoms with van der Waals surface area (Å²) in [5.41, 5.74) is 2.30. The molecule has 0 radical (unpaired) electrons. The SMILES string of the molecule is Cc1c(Br)cc(C(=O)O)cc1NC1CC1. The fourth-order valence-electron chi connectivity index (χ4n) is 1.40. The van der Waals surface area contributed by atoms with Gasteiger partial charge in [-0.25, -0.2) is 4.79 Å². The van der Waals surface area contributed by atoms with Gasteiger partial charge >= 0.3 is 5.97 Å². The van der Waals surface area contributed by atoms with Crippen molar-refractivity contribution in [3.05, 3.63) is 27.7 Å². The highest BCUT2D eigenvalue weighted by Gasteiger charge is 2.22. The average molecular weight is 270 g/mol. The first kappa shape index (κ1) is 10.5. The van der Waals surface area contributed by atoms with Crippen molar-refractivity contribution in [1.29, 1.82) is 0 Å². The maximum absolute atomic E-state index is 10.9. The molecule has 3 nitrogen and oxygen atoms in total. The van der Waals surface area contributed by atoms with Gasteiger partial charge in [0.25, 0.3) is 0 Å². The Hall–Kier alpha value is -1.03. The van der Waals surface area contributed by atoms with E-state index in [0.29, 0.717) is 11.6 Å². The highest BCUT2D eigenvalue weighted by Crippen LogP contribution is 2.31. The standard InChI is InChI=1S/C11H12BrNO2/c1-6-9(12)4-7(11(14)15)5-10(6)13-8-2-3-8/h4-5,8,13H,2-3H2,1H3,(H,14,15). The summed E-state index contributed by atoms with van der Waals surface area (Å²) < 4.78 is 0.838. The molecule has 80 valence electrons. The number of aromatic carboxylic acids is 1. The Labute approximate surface area is 96.6 Å². The molecule has 15 heavy (non-hydrogen) atoms. The van der Waals surface area contributed by atoms with Crippen molar-refractivity contribution in [2.24, 2.45) is 0 Å². The van der Waals surface area contributed by atoms with Crippen molar-refractivity contribution in [3.63, 3.8) is 0 Å². The molecule has 0 bridgehead atoms. The van der Waals surface area contributed by atoms with Crippen LogP contribution in [-0.2, 0) is 0 Å². The summed E-state index contributed by atoms with van der Waals surface area (Å²) in [6.07, 6.45) is 2.35. The second-order valence-corrected chi connectivity index (χ2v) is 4.71. The highest BCUT2D eigenvalue weighted by molar-refractivity contribution is 9.10. The Kier molecular flexibility index (Phi) is 2.69. The first-order valence-electron chi connectivity index (χ1n) is 4.88. The van der Waals surface area contributed by atoms with Gasteiger partial charge in [0.15, 0.2) is 0 Å². The summed E-state index contributed by atoms with van der Waals surface area (Å²) in [4.78, 5) is 10.9. The van der Waals surface area contributed by atoms with Gasteiger partial charge in [-0.05, 0) is 37.5 Å². The van der Waals surface area contributed by atoms with E-state index in [1.165, 1.54) is 12.8 Å². The van der Waals surface area contributed by atoms with Crippen LogP contribution in [0, 0.1) is 6.92 Å². The minimum atomic E-state index is -0.894. The van der Waals surface area contributed by atoms with Gasteiger partial charge in [0.1, 0.15) is 0 Å². The molecule has 0 aromatic heterocycles. The van der Waals surface area contributed by atoms with Crippen LogP contribution in [-0.4, -0.2) is 17.1 Å². The number of carbonyl (C=O) groups is 1. The lowest BCUT2D eigenvalue weighted by Crippen LogP contribution is -2.05. The zero-order valence-corrected chi connectivity index (χ0v) is 9.97. The topological polar surface area (TPSA) is 49.3 Å². The molecule has 1 aliphatic rings. The summed E-state index contributed by atoms with van der Waals surface area (Å²) in [5.74, 6) is -0.894. The number of hydrogen-bond donors (Lipinski definition) is 2. The van der Waals surface area contributed by atoms with Gasteiger partial charge in [0, 0.05) is 16.2 Å². The molecule has 0 heterocycles. The highest BCUT2D eigenvalue weighted by atomic mass is 79.9. The van der Waals surface area contributed by atoms with E-state index in [4.69, 9.17) is 5.11 Å². The lowest BCUT2D eigenvalue weighted by molar-refractivity contribution is 0.0697. The zero-order valence-electron chi connectivity index (χ0n) is 8.38. The maximum atomic E-state index is 10.9. The number of halogens is 1. The Morgan fingerprint density at radius 1 is 1.53 bits per heavy atom. The lowest BCUT2D eigenvalue weighted by atomic mass is 10.1. The van der Waals surface area contributed by atoms with Gasteiger partial charge in [-0.3, -0.25) is 0 Å². The molecule has 1 saturated carbocycles. The van der Waals surface area contributed by atoms with E-state index in [1.54, 1.807) is 12.1 Å². The largest absolute Gasteiger partial charge is 0.478 e. The molecular weight excluding hydrogens is 258 g/mol. The first-order valence-corrected chi connectivity index (χ1v) is 5.67. The smallest absolute Gasteiger partial charge is 0.335 e. The van der Waals surface area contributed by atoms with Crippen molar-refractivity contribution in [2.75, 3.05) is 5.32 Å². The van der Waals surface area contributed by atoms with E-state index < -0.39 is 5.97 Å². The Morgan fingerprint density at radius 3 is 2.73 bits per heavy atom. The van der Waals surface area contributed by atoms with Crippen molar-refractivity contribution in [2.45, 2.75) is 25.8 Å². The molecule has 2 N–H and O–H groups in total. The molecule has 1 aromatic carbocycles. The summed E-state index contributed by atoms with van der Waals surface area (Å²) in [5, 5.41) is 12.3. The van der Waals surface area contributed by atoms with Crippen molar-refractivity contribution in [1.82, 2.24) is 0 Å². The number of carboxylic acid groups (broad SMARTS) is 1. The van der Waals surface area contributed by atoms with E-state index in [1.807, 2.05) is 6.92 Å². The minimum absolute atomic E-state index is 0.315. The van der Waals surface area contributed by atoms with Crippen LogP contribution < -0.4 is 5.32 Å². The van der Waals surface area contributed by atoms with Crippen molar-refractivity contribution >= 4 is 27.6 Å². The van der Waals surface area contributed by atoms with Crippen LogP contribution in [0.15, 0.2) is 16.6 Å². The fourth-order valence-corrected chi connectivity index (χ4v) is 1.86. The first-order chi connectivity index (χ1) is 7.08. The molecule has 0 spiro atoms. The van der Waals surface area contributed by atoms with E-state index in [9.17, 15) is 4.79 Å². The van der Waals surface area contributed by atoms with Crippen LogP contribution in [0.4, 0.5) is 5.69 Å². The molecule has 2 rings (SSSR count). The van der Waals surface area contributed by atoms with Crippen LogP contribution >= 0.6 is 15.9 Å². The van der Waals surface area contributed by atoms with Gasteiger partial charge in [-0.2, -0.15) is 0 Å². The average Bonchev–Trinajstić information content (AvgIpc) is 2.96. The van der Waals surface area contributed by atoms with Gasteiger partial charge in [-0.1, -0.05) is 15.9 Å². The third kappa shape index (κ3) is 2.31. The fraction of sp³-hybridized carbons (Fsp3) is 0.364. The molecule has 1 aliphatic carbocycles. The molecule has 0 atom stereocenters. The molecule has 0 unspecified atom stereocenters. The maximum Gasteiger partial charge on any atom is 0.335 e. The zero-order chi connectivity index (χ0) is 11.0. The summed E-state index contributed by atoms with van der Waals surface area (Å²) in [7, 11) is 0. The molecule has 0 amide bonds. The second-order valence-electron chi connectivity index (χ2n) is 3.85. The summed E-state index contributed by atoms with van der Waals surface area (Å²) in [6.45, 7) is 1.97. The molecule has 0 saturated heterocycles. The minimum Gasteiger partial charge on any atom is -0.478 e. The van der Waals surface area contributed by atoms with Crippen molar-refractivity contribution < 1.29 is 9.90 Å². The van der Waals surface area contributed by atoms with Crippen LogP contribution in [0.25, 0.3) is 0 Å². The third-order valence-corrected chi connectivity index (χ3v) is 3.35. The van der Waals surface area contributed by atoms with Crippen LogP contribution in [0.3, 0.4) is 0 Å². The van der Waals surface area contributed by atoms with Crippen LogP contribution in [0.1, 0.15) is 28.8 Å². The van der Waals surface area contributed by atoms with Gasteiger partial charge < -0.3 is 10.4 Å². The van der Waals surface area contributed by atoms with Gasteiger partial charge in [0.05, 0.1) is 5.56 Å². The quantitative estimate of drug-likeness (QED) is 0.887. The number of rotatable bonds is 3. The molecule has 1 fully saturated rings. The monoisotopic (exact) mass is 269 g/mol. The van der Waals surface area contributed by atoms with E-state index in [-0.39, 0.29) is 0 Å². The van der Waals surface area contributed by atoms with Crippen LogP contribution in [0.2, 0.25) is 0 Å². The second kappa shape index (κ2) is 3.85. The van der Waals surface area contributed by atoms with Gasteiger partial charge in [-0.15, -0.1) is 0 Å². The molecular formula is C11H12BrNO2. The predicted molar refractivity (Wildman–Crippen MR) is 62.5 cm³/mol. The molecule has 0 aliphatic heterocycles. The Morgan fingerprint density at radius 2 is 2.20 bits per heavy atom. The third-order valence-electron chi connectivity index (χ3n) is 2.53. The summed E-state index contributed by atoms with van der Waals surface area (Å²) in [6, 6.07) is 3.86. The number of nitrogens with one attached hydrogen (secondary N) is 1. The van der Waals surface area contributed by atoms with E-state index >= 15 is 0 Å². The van der Waals surface area contributed by atoms with E-state index in [0.717, 1.165) is 15.7 Å². The van der Waals surface area contributed by atoms with Gasteiger partial charge in [0.2, 0.25) is 0 Å². The van der Waals surface area contributed by atoms with Crippen molar-refractivity contribution in [3.8, 4) is 0 Å². The van der Waals surface area contributed by atoms with E-state index in [2.05, 4.69) is 21.2 Å². The molecule has 1 aromatic rings.